The quantitative estimate of drug-likeness (QED) is 0.616. The minimum absolute atomic E-state index is 0.124. The molecule has 5 rings (SSSR count). The van der Waals surface area contributed by atoms with Gasteiger partial charge in [0.1, 0.15) is 17.3 Å². The van der Waals surface area contributed by atoms with Crippen LogP contribution in [0.5, 0.6) is 0 Å². The summed E-state index contributed by atoms with van der Waals surface area (Å²) in [7, 11) is 0. The predicted molar refractivity (Wildman–Crippen MR) is 99.5 cm³/mol. The van der Waals surface area contributed by atoms with Crippen molar-refractivity contribution in [2.24, 2.45) is 0 Å². The smallest absolute Gasteiger partial charge is 0.224 e. The van der Waals surface area contributed by atoms with E-state index < -0.39 is 11.9 Å². The van der Waals surface area contributed by atoms with Gasteiger partial charge in [-0.1, -0.05) is 0 Å². The van der Waals surface area contributed by atoms with E-state index in [9.17, 15) is 14.3 Å². The number of halogens is 1. The average Bonchev–Trinajstić information content (AvgIpc) is 3.25. The van der Waals surface area contributed by atoms with Crippen LogP contribution < -0.4 is 10.2 Å². The Labute approximate surface area is 160 Å². The summed E-state index contributed by atoms with van der Waals surface area (Å²) in [5.41, 5.74) is 2.57. The number of carbonyl (C=O) groups excluding carboxylic acids is 1. The summed E-state index contributed by atoms with van der Waals surface area (Å²) in [6.45, 7) is 0.389. The fraction of sp³-hybridized carbons (Fsp3) is 0.368. The van der Waals surface area contributed by atoms with Gasteiger partial charge in [0.25, 0.3) is 0 Å². The third-order valence-electron chi connectivity index (χ3n) is 5.35. The van der Waals surface area contributed by atoms with Crippen LogP contribution in [0.1, 0.15) is 36.6 Å². The highest BCUT2D eigenvalue weighted by Crippen LogP contribution is 2.37. The number of hydrogen-bond donors (Lipinski definition) is 2. The number of hydrogen-bond acceptors (Lipinski definition) is 6. The lowest BCUT2D eigenvalue weighted by Crippen LogP contribution is -2.26. The van der Waals surface area contributed by atoms with Gasteiger partial charge in [-0.15, -0.1) is 0 Å². The lowest BCUT2D eigenvalue weighted by molar-refractivity contribution is -0.116. The molecule has 0 spiro atoms. The minimum Gasteiger partial charge on any atom is -0.391 e. The van der Waals surface area contributed by atoms with Crippen LogP contribution in [0.4, 0.5) is 15.9 Å². The lowest BCUT2D eigenvalue weighted by atomic mass is 9.98. The molecule has 2 N–H and O–H groups in total. The number of aliphatic hydroxyl groups is 1. The molecule has 2 aliphatic heterocycles. The molecule has 3 aromatic rings. The summed E-state index contributed by atoms with van der Waals surface area (Å²) in [5.74, 6) is 0.101. The third kappa shape index (κ3) is 2.88. The Hall–Kier alpha value is -3.07. The molecule has 0 aliphatic carbocycles. The molecule has 1 fully saturated rings. The molecule has 144 valence electrons. The Morgan fingerprint density at radius 1 is 1.29 bits per heavy atom. The number of carbonyl (C=O) groups is 1. The Balaban J connectivity index is 1.68. The summed E-state index contributed by atoms with van der Waals surface area (Å²) in [6, 6.07) is 3.06. The Bertz CT molecular complexity index is 1070. The van der Waals surface area contributed by atoms with Crippen LogP contribution in [0.2, 0.25) is 0 Å². The highest BCUT2D eigenvalue weighted by atomic mass is 19.1. The summed E-state index contributed by atoms with van der Waals surface area (Å²) >= 11 is 0. The Kier molecular flexibility index (Phi) is 3.97. The molecule has 2 bridgehead atoms. The van der Waals surface area contributed by atoms with Gasteiger partial charge in [0, 0.05) is 24.9 Å². The van der Waals surface area contributed by atoms with Crippen molar-refractivity contribution in [1.29, 1.82) is 0 Å². The topological polar surface area (TPSA) is 95.7 Å². The number of aromatic nitrogens is 4. The molecule has 0 aromatic carbocycles. The SMILES string of the molecule is O=C1CCCc2ncc(F)cc2C2C[C@@H](O)CN2c2ccn3ncc(c3n2)N1. The number of nitrogens with zero attached hydrogens (tertiary/aromatic N) is 5. The largest absolute Gasteiger partial charge is 0.391 e. The van der Waals surface area contributed by atoms with Crippen LogP contribution >= 0.6 is 0 Å². The van der Waals surface area contributed by atoms with Gasteiger partial charge >= 0.3 is 0 Å². The zero-order valence-corrected chi connectivity index (χ0v) is 15.0. The zero-order chi connectivity index (χ0) is 19.3. The number of amides is 1. The Morgan fingerprint density at radius 2 is 2.18 bits per heavy atom. The van der Waals surface area contributed by atoms with Gasteiger partial charge in [-0.2, -0.15) is 5.10 Å². The van der Waals surface area contributed by atoms with Crippen molar-refractivity contribution in [2.75, 3.05) is 16.8 Å². The van der Waals surface area contributed by atoms with E-state index in [2.05, 4.69) is 20.4 Å². The monoisotopic (exact) mass is 382 g/mol. The normalized spacial score (nSPS) is 22.2. The molecule has 8 nitrogen and oxygen atoms in total. The second-order valence-corrected chi connectivity index (χ2v) is 7.26. The van der Waals surface area contributed by atoms with Gasteiger partial charge in [0.2, 0.25) is 5.91 Å². The summed E-state index contributed by atoms with van der Waals surface area (Å²) in [5, 5.41) is 17.4. The molecule has 0 radical (unpaired) electrons. The van der Waals surface area contributed by atoms with Crippen LogP contribution in [0, 0.1) is 5.82 Å². The van der Waals surface area contributed by atoms with Crippen LogP contribution in [0.25, 0.3) is 5.65 Å². The number of nitrogens with one attached hydrogen (secondary N) is 1. The van der Waals surface area contributed by atoms with Crippen molar-refractivity contribution in [3.05, 3.63) is 47.8 Å². The first-order chi connectivity index (χ1) is 13.6. The molecule has 1 amide bonds. The van der Waals surface area contributed by atoms with Gasteiger partial charge in [-0.25, -0.2) is 13.9 Å². The first-order valence-electron chi connectivity index (χ1n) is 9.32. The fourth-order valence-corrected chi connectivity index (χ4v) is 4.08. The van der Waals surface area contributed by atoms with E-state index in [1.807, 2.05) is 11.0 Å². The van der Waals surface area contributed by atoms with E-state index in [0.717, 1.165) is 11.3 Å². The van der Waals surface area contributed by atoms with Crippen molar-refractivity contribution in [3.8, 4) is 0 Å². The number of aryl methyl sites for hydroxylation is 1. The maximum Gasteiger partial charge on any atom is 0.224 e. The summed E-state index contributed by atoms with van der Waals surface area (Å²) in [4.78, 5) is 23.3. The molecule has 1 unspecified atom stereocenters. The Morgan fingerprint density at radius 3 is 3.07 bits per heavy atom. The molecule has 1 saturated heterocycles. The molecular weight excluding hydrogens is 363 g/mol. The first kappa shape index (κ1) is 17.1. The molecular formula is C19H19FN6O2. The average molecular weight is 382 g/mol. The van der Waals surface area contributed by atoms with Crippen molar-refractivity contribution in [3.63, 3.8) is 0 Å². The van der Waals surface area contributed by atoms with E-state index in [-0.39, 0.29) is 11.9 Å². The van der Waals surface area contributed by atoms with E-state index in [1.165, 1.54) is 12.3 Å². The molecule has 2 atom stereocenters. The second kappa shape index (κ2) is 6.52. The van der Waals surface area contributed by atoms with E-state index in [0.29, 0.717) is 49.4 Å². The zero-order valence-electron chi connectivity index (χ0n) is 15.0. The number of anilines is 2. The maximum absolute atomic E-state index is 14.0. The van der Waals surface area contributed by atoms with Crippen molar-refractivity contribution < 1.29 is 14.3 Å². The van der Waals surface area contributed by atoms with Gasteiger partial charge in [-0.3, -0.25) is 9.78 Å². The standard InChI is InChI=1S/C19H19FN6O2/c20-11-6-13-14(21-8-11)2-1-3-18(28)23-15-9-22-26-5-4-17(24-19(15)26)25-10-12(27)7-16(13)25/h4-6,8-9,12,16,27H,1-3,7,10H2,(H,23,28)/t12-,16?/m1/s1. The molecule has 3 aromatic heterocycles. The van der Waals surface area contributed by atoms with Gasteiger partial charge in [0.05, 0.1) is 24.5 Å². The fourth-order valence-electron chi connectivity index (χ4n) is 4.08. The van der Waals surface area contributed by atoms with Gasteiger partial charge in [-0.05, 0) is 37.0 Å². The lowest BCUT2D eigenvalue weighted by Gasteiger charge is -2.27. The minimum atomic E-state index is -0.545. The molecule has 5 heterocycles. The number of fused-ring (bicyclic) bond motifs is 5. The van der Waals surface area contributed by atoms with Crippen LogP contribution in [0.3, 0.4) is 0 Å². The van der Waals surface area contributed by atoms with Crippen molar-refractivity contribution in [1.82, 2.24) is 19.6 Å². The van der Waals surface area contributed by atoms with E-state index >= 15 is 0 Å². The number of aliphatic hydroxyl groups excluding tert-OH is 1. The molecule has 28 heavy (non-hydrogen) atoms. The number of rotatable bonds is 0. The summed E-state index contributed by atoms with van der Waals surface area (Å²) < 4.78 is 15.6. The molecule has 2 aliphatic rings. The highest BCUT2D eigenvalue weighted by Gasteiger charge is 2.35. The third-order valence-corrected chi connectivity index (χ3v) is 5.35. The van der Waals surface area contributed by atoms with Crippen molar-refractivity contribution >= 4 is 23.1 Å². The van der Waals surface area contributed by atoms with E-state index in [4.69, 9.17) is 0 Å². The van der Waals surface area contributed by atoms with Crippen LogP contribution in [-0.4, -0.2) is 43.2 Å². The highest BCUT2D eigenvalue weighted by molar-refractivity contribution is 5.94. The molecule has 9 heteroatoms. The number of pyridine rings is 1. The first-order valence-corrected chi connectivity index (χ1v) is 9.32. The van der Waals surface area contributed by atoms with Gasteiger partial charge < -0.3 is 15.3 Å². The van der Waals surface area contributed by atoms with Crippen LogP contribution in [-0.2, 0) is 11.2 Å². The van der Waals surface area contributed by atoms with Crippen molar-refractivity contribution in [2.45, 2.75) is 37.8 Å². The van der Waals surface area contributed by atoms with Gasteiger partial charge in [0.15, 0.2) is 5.65 Å². The predicted octanol–water partition coefficient (Wildman–Crippen LogP) is 1.85. The van der Waals surface area contributed by atoms with Crippen LogP contribution in [0.15, 0.2) is 30.7 Å². The molecule has 0 saturated carbocycles. The second-order valence-electron chi connectivity index (χ2n) is 7.26. The summed E-state index contributed by atoms with van der Waals surface area (Å²) in [6.07, 6.45) is 5.91. The maximum atomic E-state index is 14.0. The van der Waals surface area contributed by atoms with E-state index in [1.54, 1.807) is 16.9 Å².